The van der Waals surface area contributed by atoms with Crippen LogP contribution in [0.5, 0.6) is 0 Å². The predicted molar refractivity (Wildman–Crippen MR) is 138 cm³/mol. The van der Waals surface area contributed by atoms with Gasteiger partial charge in [0.05, 0.1) is 34.4 Å². The van der Waals surface area contributed by atoms with Gasteiger partial charge in [-0.1, -0.05) is 24.3 Å². The zero-order valence-electron chi connectivity index (χ0n) is 19.8. The van der Waals surface area contributed by atoms with Gasteiger partial charge in [0.2, 0.25) is 0 Å². The standard InChI is InChI=1S/C27H22FN6OP/c1-36(2,35)24-11-10-17(12-19(24)28)32-15-30-26-18-7-5-6-16(14-29)25(18)22-13-23(34(26)32)27-31-20-8-3-4-9-21(20)33(22)27/h3-12,22-23H,13,15H2,1-2H3/t22-,23-/m1/s1. The van der Waals surface area contributed by atoms with Gasteiger partial charge in [0.25, 0.3) is 0 Å². The van der Waals surface area contributed by atoms with E-state index in [0.29, 0.717) is 24.3 Å². The minimum absolute atomic E-state index is 0.0661. The van der Waals surface area contributed by atoms with Crippen LogP contribution < -0.4 is 10.3 Å². The monoisotopic (exact) mass is 496 g/mol. The molecule has 3 aliphatic heterocycles. The van der Waals surface area contributed by atoms with Crippen LogP contribution in [-0.2, 0) is 4.57 Å². The number of rotatable bonds is 2. The summed E-state index contributed by atoms with van der Waals surface area (Å²) in [5.41, 5.74) is 5.06. The quantitative estimate of drug-likeness (QED) is 0.373. The number of fused-ring (bicyclic) bond motifs is 6. The Morgan fingerprint density at radius 1 is 1.08 bits per heavy atom. The lowest BCUT2D eigenvalue weighted by Crippen LogP contribution is -2.44. The number of para-hydroxylation sites is 2. The molecule has 178 valence electrons. The molecule has 0 radical (unpaired) electrons. The Morgan fingerprint density at radius 3 is 2.69 bits per heavy atom. The van der Waals surface area contributed by atoms with Gasteiger partial charge in [0, 0.05) is 22.9 Å². The first-order valence-corrected chi connectivity index (χ1v) is 14.4. The van der Waals surface area contributed by atoms with Crippen LogP contribution in [0.4, 0.5) is 10.1 Å². The number of nitriles is 1. The molecule has 0 saturated carbocycles. The molecule has 0 amide bonds. The zero-order valence-corrected chi connectivity index (χ0v) is 20.7. The molecule has 36 heavy (non-hydrogen) atoms. The van der Waals surface area contributed by atoms with Gasteiger partial charge in [-0.15, -0.1) is 0 Å². The van der Waals surface area contributed by atoms with Gasteiger partial charge in [-0.3, -0.25) is 10.0 Å². The number of imidazole rings is 1. The van der Waals surface area contributed by atoms with Crippen LogP contribution in [-0.4, -0.2) is 40.4 Å². The van der Waals surface area contributed by atoms with E-state index in [4.69, 9.17) is 9.98 Å². The summed E-state index contributed by atoms with van der Waals surface area (Å²) in [6.45, 7) is 3.45. The molecule has 9 heteroatoms. The number of halogens is 1. The number of benzene rings is 3. The molecule has 2 bridgehead atoms. The Kier molecular flexibility index (Phi) is 4.32. The maximum Gasteiger partial charge on any atom is 0.152 e. The highest BCUT2D eigenvalue weighted by atomic mass is 31.2. The molecule has 0 N–H and O–H groups in total. The number of hydrogen-bond donors (Lipinski definition) is 0. The molecule has 0 fully saturated rings. The summed E-state index contributed by atoms with van der Waals surface area (Å²) in [5.74, 6) is 1.18. The Labute approximate surface area is 207 Å². The molecule has 2 atom stereocenters. The normalized spacial score (nSPS) is 20.0. The molecule has 7 rings (SSSR count). The molecule has 7 nitrogen and oxygen atoms in total. The van der Waals surface area contributed by atoms with Gasteiger partial charge in [-0.25, -0.2) is 14.4 Å². The predicted octanol–water partition coefficient (Wildman–Crippen LogP) is 4.78. The molecule has 0 saturated heterocycles. The van der Waals surface area contributed by atoms with E-state index in [1.165, 1.54) is 6.07 Å². The summed E-state index contributed by atoms with van der Waals surface area (Å²) in [7, 11) is -2.75. The van der Waals surface area contributed by atoms with Crippen molar-refractivity contribution in [1.82, 2.24) is 14.6 Å². The van der Waals surface area contributed by atoms with E-state index in [0.717, 1.165) is 33.8 Å². The highest BCUT2D eigenvalue weighted by molar-refractivity contribution is 7.70. The fraction of sp³-hybridized carbons (Fsp3) is 0.222. The van der Waals surface area contributed by atoms with E-state index in [9.17, 15) is 9.83 Å². The molecule has 0 spiro atoms. The third kappa shape index (κ3) is 2.81. The number of aromatic nitrogens is 2. The molecule has 1 aromatic heterocycles. The van der Waals surface area contributed by atoms with Crippen LogP contribution in [0.3, 0.4) is 0 Å². The van der Waals surface area contributed by atoms with Crippen LogP contribution in [0.25, 0.3) is 11.0 Å². The van der Waals surface area contributed by atoms with Gasteiger partial charge in [-0.05, 0) is 49.7 Å². The van der Waals surface area contributed by atoms with E-state index < -0.39 is 13.0 Å². The Balaban J connectivity index is 1.45. The maximum atomic E-state index is 15.1. The first-order valence-electron chi connectivity index (χ1n) is 11.8. The minimum Gasteiger partial charge on any atom is -0.319 e. The average Bonchev–Trinajstić information content (AvgIpc) is 3.52. The zero-order chi connectivity index (χ0) is 24.8. The third-order valence-corrected chi connectivity index (χ3v) is 8.94. The maximum absolute atomic E-state index is 15.1. The largest absolute Gasteiger partial charge is 0.319 e. The van der Waals surface area contributed by atoms with Gasteiger partial charge >= 0.3 is 0 Å². The van der Waals surface area contributed by atoms with E-state index in [1.807, 2.05) is 47.5 Å². The summed E-state index contributed by atoms with van der Waals surface area (Å²) < 4.78 is 29.9. The second kappa shape index (κ2) is 7.28. The van der Waals surface area contributed by atoms with Crippen LogP contribution >= 0.6 is 7.14 Å². The van der Waals surface area contributed by atoms with Crippen LogP contribution in [0.1, 0.15) is 41.0 Å². The molecule has 3 aliphatic rings. The van der Waals surface area contributed by atoms with E-state index in [2.05, 4.69) is 21.7 Å². The Morgan fingerprint density at radius 2 is 1.92 bits per heavy atom. The molecule has 3 aromatic carbocycles. The summed E-state index contributed by atoms with van der Waals surface area (Å²) in [5, 5.41) is 14.3. The first kappa shape index (κ1) is 21.3. The van der Waals surface area contributed by atoms with Crippen molar-refractivity contribution in [2.24, 2.45) is 4.99 Å². The summed E-state index contributed by atoms with van der Waals surface area (Å²) in [6, 6.07) is 20.9. The fourth-order valence-corrected chi connectivity index (χ4v) is 6.95. The molecule has 4 heterocycles. The van der Waals surface area contributed by atoms with Crippen molar-refractivity contribution < 1.29 is 8.96 Å². The number of aliphatic imine (C=N–C) groups is 1. The molecular formula is C27H22FN6OP. The number of anilines is 1. The number of hydrogen-bond acceptors (Lipinski definition) is 6. The second-order valence-corrected chi connectivity index (χ2v) is 13.0. The van der Waals surface area contributed by atoms with Crippen LogP contribution in [0, 0.1) is 17.1 Å². The van der Waals surface area contributed by atoms with Crippen molar-refractivity contribution >= 4 is 35.0 Å². The third-order valence-electron chi connectivity index (χ3n) is 7.42. The smallest absolute Gasteiger partial charge is 0.152 e. The summed E-state index contributed by atoms with van der Waals surface area (Å²) in [4.78, 5) is 9.89. The van der Waals surface area contributed by atoms with Gasteiger partial charge < -0.3 is 9.13 Å². The molecule has 0 unspecified atom stereocenters. The van der Waals surface area contributed by atoms with Crippen molar-refractivity contribution in [1.29, 1.82) is 5.26 Å². The van der Waals surface area contributed by atoms with E-state index >= 15 is 4.39 Å². The topological polar surface area (TPSA) is 77.5 Å². The van der Waals surface area contributed by atoms with Crippen molar-refractivity contribution in [3.05, 3.63) is 89.0 Å². The second-order valence-electron chi connectivity index (χ2n) is 9.83. The molecule has 4 aromatic rings. The lowest BCUT2D eigenvalue weighted by atomic mass is 9.94. The number of amidine groups is 1. The molecular weight excluding hydrogens is 474 g/mol. The van der Waals surface area contributed by atoms with Crippen molar-refractivity contribution in [3.8, 4) is 6.07 Å². The lowest BCUT2D eigenvalue weighted by Gasteiger charge is -2.36. The summed E-state index contributed by atoms with van der Waals surface area (Å²) in [6.07, 6.45) is 0.716. The van der Waals surface area contributed by atoms with Crippen LogP contribution in [0.15, 0.2) is 65.7 Å². The molecule has 0 aliphatic carbocycles. The van der Waals surface area contributed by atoms with Gasteiger partial charge in [-0.2, -0.15) is 5.26 Å². The minimum atomic E-state index is -2.75. The van der Waals surface area contributed by atoms with Gasteiger partial charge in [0.1, 0.15) is 31.5 Å². The van der Waals surface area contributed by atoms with E-state index in [-0.39, 0.29) is 17.4 Å². The number of hydrazine groups is 1. The Hall–Kier alpha value is -3.95. The Bertz CT molecular complexity index is 1710. The van der Waals surface area contributed by atoms with Crippen molar-refractivity contribution in [2.45, 2.75) is 18.5 Å². The highest BCUT2D eigenvalue weighted by Crippen LogP contribution is 2.50. The average molecular weight is 496 g/mol. The fourth-order valence-electron chi connectivity index (χ4n) is 5.93. The summed E-state index contributed by atoms with van der Waals surface area (Å²) >= 11 is 0. The lowest BCUT2D eigenvalue weighted by molar-refractivity contribution is 0.306. The number of nitrogens with zero attached hydrogens (tertiary/aromatic N) is 6. The SMILES string of the molecule is CP(C)(=O)c1ccc(N2CN=C3c4cccc(C#N)c4[C@H]4C[C@H](c5nc6ccccc6n54)N32)cc1F. The van der Waals surface area contributed by atoms with Crippen molar-refractivity contribution in [2.75, 3.05) is 25.0 Å². The van der Waals surface area contributed by atoms with Gasteiger partial charge in [0.15, 0.2) is 5.84 Å². The van der Waals surface area contributed by atoms with E-state index in [1.54, 1.807) is 19.4 Å². The highest BCUT2D eigenvalue weighted by Gasteiger charge is 2.48. The van der Waals surface area contributed by atoms with Crippen LogP contribution in [0.2, 0.25) is 0 Å². The van der Waals surface area contributed by atoms with Crippen molar-refractivity contribution in [3.63, 3.8) is 0 Å². The first-order chi connectivity index (χ1) is 17.4.